The fourth-order valence-corrected chi connectivity index (χ4v) is 4.01. The average Bonchev–Trinajstić information content (AvgIpc) is 2.85. The van der Waals surface area contributed by atoms with Gasteiger partial charge in [0.05, 0.1) is 12.2 Å². The summed E-state index contributed by atoms with van der Waals surface area (Å²) in [6.07, 6.45) is 9.60. The van der Waals surface area contributed by atoms with E-state index in [2.05, 4.69) is 17.1 Å². The minimum Gasteiger partial charge on any atom is -0.323 e. The molecule has 3 rings (SSSR count). The molecule has 2 saturated carbocycles. The van der Waals surface area contributed by atoms with Crippen molar-refractivity contribution in [1.82, 2.24) is 10.2 Å². The Hall–Kier alpha value is -0.570. The summed E-state index contributed by atoms with van der Waals surface area (Å²) < 4.78 is 0. The molecular weight excluding hydrogens is 224 g/mol. The van der Waals surface area contributed by atoms with E-state index in [9.17, 15) is 4.79 Å². The van der Waals surface area contributed by atoms with Gasteiger partial charge in [0.25, 0.3) is 0 Å². The van der Waals surface area contributed by atoms with Crippen molar-refractivity contribution in [3.8, 4) is 0 Å². The molecule has 1 N–H and O–H groups in total. The maximum atomic E-state index is 12.4. The van der Waals surface area contributed by atoms with Crippen molar-refractivity contribution in [2.75, 3.05) is 0 Å². The zero-order valence-corrected chi connectivity index (χ0v) is 11.7. The Labute approximate surface area is 110 Å². The molecule has 18 heavy (non-hydrogen) atoms. The summed E-state index contributed by atoms with van der Waals surface area (Å²) in [5, 5.41) is 3.56. The molecule has 0 aromatic rings. The van der Waals surface area contributed by atoms with Gasteiger partial charge in [-0.2, -0.15) is 0 Å². The predicted octanol–water partition coefficient (Wildman–Crippen LogP) is 2.51. The lowest BCUT2D eigenvalue weighted by Crippen LogP contribution is -2.50. The molecule has 3 aliphatic rings. The van der Waals surface area contributed by atoms with Crippen LogP contribution in [0.25, 0.3) is 0 Å². The monoisotopic (exact) mass is 250 g/mol. The summed E-state index contributed by atoms with van der Waals surface area (Å²) in [6, 6.07) is 0.465. The van der Waals surface area contributed by atoms with Crippen molar-refractivity contribution < 1.29 is 4.79 Å². The molecule has 3 atom stereocenters. The van der Waals surface area contributed by atoms with E-state index >= 15 is 0 Å². The minimum absolute atomic E-state index is 0.0260. The van der Waals surface area contributed by atoms with Gasteiger partial charge in [0, 0.05) is 6.04 Å². The molecule has 1 heterocycles. The van der Waals surface area contributed by atoms with Crippen LogP contribution in [0.1, 0.15) is 58.8 Å². The number of amides is 1. The smallest absolute Gasteiger partial charge is 0.240 e. The van der Waals surface area contributed by atoms with Crippen LogP contribution >= 0.6 is 0 Å². The third kappa shape index (κ3) is 1.97. The van der Waals surface area contributed by atoms with Crippen molar-refractivity contribution in [2.45, 2.75) is 77.0 Å². The van der Waals surface area contributed by atoms with E-state index in [0.29, 0.717) is 24.0 Å². The number of hydrogen-bond donors (Lipinski definition) is 1. The average molecular weight is 250 g/mol. The second-order valence-electron chi connectivity index (χ2n) is 6.55. The van der Waals surface area contributed by atoms with Gasteiger partial charge >= 0.3 is 0 Å². The molecule has 3 unspecified atom stereocenters. The van der Waals surface area contributed by atoms with Crippen LogP contribution in [0.15, 0.2) is 0 Å². The first-order valence-corrected chi connectivity index (χ1v) is 7.76. The van der Waals surface area contributed by atoms with E-state index in [-0.39, 0.29) is 6.04 Å². The number of hydrogen-bond acceptors (Lipinski definition) is 2. The second-order valence-corrected chi connectivity index (χ2v) is 6.55. The largest absolute Gasteiger partial charge is 0.323 e. The molecular formula is C15H26N2O. The van der Waals surface area contributed by atoms with Crippen LogP contribution in [-0.4, -0.2) is 29.1 Å². The molecule has 0 aromatic carbocycles. The van der Waals surface area contributed by atoms with Crippen LogP contribution in [0.2, 0.25) is 0 Å². The molecule has 1 amide bonds. The van der Waals surface area contributed by atoms with E-state index in [0.717, 1.165) is 5.92 Å². The van der Waals surface area contributed by atoms with Gasteiger partial charge in [0.15, 0.2) is 0 Å². The van der Waals surface area contributed by atoms with Gasteiger partial charge in [-0.05, 0) is 51.4 Å². The van der Waals surface area contributed by atoms with Gasteiger partial charge in [0.1, 0.15) is 0 Å². The molecule has 3 nitrogen and oxygen atoms in total. The third-order valence-electron chi connectivity index (χ3n) is 5.46. The van der Waals surface area contributed by atoms with Gasteiger partial charge in [-0.25, -0.2) is 0 Å². The van der Waals surface area contributed by atoms with Crippen LogP contribution in [0, 0.1) is 11.8 Å². The van der Waals surface area contributed by atoms with Gasteiger partial charge in [0.2, 0.25) is 5.91 Å². The lowest BCUT2D eigenvalue weighted by Gasteiger charge is -2.41. The van der Waals surface area contributed by atoms with Crippen molar-refractivity contribution >= 4 is 5.91 Å². The van der Waals surface area contributed by atoms with Gasteiger partial charge in [-0.3, -0.25) is 10.1 Å². The Morgan fingerprint density at radius 1 is 1.17 bits per heavy atom. The SMILES string of the molecule is CC1NC(C2CCCC2)N(C(C)C2CCC2)C1=O. The molecule has 3 fully saturated rings. The maximum absolute atomic E-state index is 12.4. The Morgan fingerprint density at radius 3 is 2.39 bits per heavy atom. The van der Waals surface area contributed by atoms with E-state index in [1.807, 2.05) is 6.92 Å². The summed E-state index contributed by atoms with van der Waals surface area (Å²) in [7, 11) is 0. The maximum Gasteiger partial charge on any atom is 0.240 e. The van der Waals surface area contributed by atoms with Crippen LogP contribution < -0.4 is 5.32 Å². The zero-order chi connectivity index (χ0) is 12.7. The fraction of sp³-hybridized carbons (Fsp3) is 0.933. The quantitative estimate of drug-likeness (QED) is 0.834. The van der Waals surface area contributed by atoms with Crippen LogP contribution in [0.5, 0.6) is 0 Å². The number of carbonyl (C=O) groups is 1. The topological polar surface area (TPSA) is 32.3 Å². The summed E-state index contributed by atoms with van der Waals surface area (Å²) in [5.74, 6) is 1.79. The fourth-order valence-electron chi connectivity index (χ4n) is 4.01. The Balaban J connectivity index is 1.75. The Bertz CT molecular complexity index is 320. The second kappa shape index (κ2) is 4.84. The highest BCUT2D eigenvalue weighted by molar-refractivity contribution is 5.84. The zero-order valence-electron chi connectivity index (χ0n) is 11.7. The Morgan fingerprint density at radius 2 is 1.83 bits per heavy atom. The lowest BCUT2D eigenvalue weighted by molar-refractivity contribution is -0.134. The van der Waals surface area contributed by atoms with Gasteiger partial charge < -0.3 is 4.90 Å². The lowest BCUT2D eigenvalue weighted by atomic mass is 9.79. The summed E-state index contributed by atoms with van der Waals surface area (Å²) in [6.45, 7) is 4.29. The highest BCUT2D eigenvalue weighted by Gasteiger charge is 2.45. The molecule has 102 valence electrons. The number of rotatable bonds is 3. The third-order valence-corrected chi connectivity index (χ3v) is 5.46. The molecule has 0 spiro atoms. The molecule has 1 aliphatic heterocycles. The molecule has 0 radical (unpaired) electrons. The molecule has 2 aliphatic carbocycles. The molecule has 1 saturated heterocycles. The van der Waals surface area contributed by atoms with Crippen molar-refractivity contribution in [1.29, 1.82) is 0 Å². The highest BCUT2D eigenvalue weighted by Crippen LogP contribution is 2.38. The van der Waals surface area contributed by atoms with E-state index < -0.39 is 0 Å². The first-order valence-electron chi connectivity index (χ1n) is 7.76. The normalized spacial score (nSPS) is 36.1. The number of nitrogens with one attached hydrogen (secondary N) is 1. The van der Waals surface area contributed by atoms with Gasteiger partial charge in [-0.1, -0.05) is 19.3 Å². The van der Waals surface area contributed by atoms with Crippen LogP contribution in [0.3, 0.4) is 0 Å². The summed E-state index contributed by atoms with van der Waals surface area (Å²) in [4.78, 5) is 14.6. The van der Waals surface area contributed by atoms with Crippen LogP contribution in [0.4, 0.5) is 0 Å². The van der Waals surface area contributed by atoms with Crippen molar-refractivity contribution in [3.05, 3.63) is 0 Å². The van der Waals surface area contributed by atoms with Crippen LogP contribution in [-0.2, 0) is 4.79 Å². The molecule has 0 bridgehead atoms. The first-order chi connectivity index (χ1) is 8.68. The standard InChI is InChI=1S/C15H26N2O/c1-10-15(18)17(11(2)12-8-5-9-12)14(16-10)13-6-3-4-7-13/h10-14,16H,3-9H2,1-2H3. The highest BCUT2D eigenvalue weighted by atomic mass is 16.2. The summed E-state index contributed by atoms with van der Waals surface area (Å²) in [5.41, 5.74) is 0. The molecule has 3 heteroatoms. The summed E-state index contributed by atoms with van der Waals surface area (Å²) >= 11 is 0. The molecule has 0 aromatic heterocycles. The predicted molar refractivity (Wildman–Crippen MR) is 72.0 cm³/mol. The Kier molecular flexibility index (Phi) is 3.35. The van der Waals surface area contributed by atoms with E-state index in [4.69, 9.17) is 0 Å². The van der Waals surface area contributed by atoms with E-state index in [1.54, 1.807) is 0 Å². The minimum atomic E-state index is 0.0260. The number of nitrogens with zero attached hydrogens (tertiary/aromatic N) is 1. The van der Waals surface area contributed by atoms with E-state index in [1.165, 1.54) is 44.9 Å². The first kappa shape index (κ1) is 12.5. The van der Waals surface area contributed by atoms with Crippen molar-refractivity contribution in [3.63, 3.8) is 0 Å². The number of carbonyl (C=O) groups excluding carboxylic acids is 1. The van der Waals surface area contributed by atoms with Crippen molar-refractivity contribution in [2.24, 2.45) is 11.8 Å². The van der Waals surface area contributed by atoms with Gasteiger partial charge in [-0.15, -0.1) is 0 Å².